The van der Waals surface area contributed by atoms with Gasteiger partial charge in [0.2, 0.25) is 0 Å². The van der Waals surface area contributed by atoms with E-state index < -0.39 is 6.10 Å². The van der Waals surface area contributed by atoms with Crippen LogP contribution in [-0.2, 0) is 0 Å². The quantitative estimate of drug-likeness (QED) is 0.718. The van der Waals surface area contributed by atoms with Crippen molar-refractivity contribution in [3.05, 3.63) is 24.3 Å². The van der Waals surface area contributed by atoms with Crippen LogP contribution in [0.1, 0.15) is 24.5 Å². The average molecular weight is 193 g/mol. The molecule has 2 heterocycles. The first kappa shape index (κ1) is 9.55. The van der Waals surface area contributed by atoms with Crippen molar-refractivity contribution in [2.75, 3.05) is 13.1 Å². The molecule has 1 aliphatic rings. The molecule has 0 amide bonds. The van der Waals surface area contributed by atoms with Gasteiger partial charge in [-0.05, 0) is 19.4 Å². The molecule has 1 aliphatic heterocycles. The van der Waals surface area contributed by atoms with Gasteiger partial charge in [-0.3, -0.25) is 0 Å². The van der Waals surface area contributed by atoms with Crippen LogP contribution in [0.3, 0.4) is 0 Å². The molecular formula is C10H15N3O. The van der Waals surface area contributed by atoms with Gasteiger partial charge in [-0.15, -0.1) is 0 Å². The smallest absolute Gasteiger partial charge is 0.115 e. The lowest BCUT2D eigenvalue weighted by Gasteiger charge is -2.27. The topological polar surface area (TPSA) is 58.0 Å². The predicted octanol–water partition coefficient (Wildman–Crippen LogP) is 0.510. The number of rotatable bonds is 2. The fourth-order valence-electron chi connectivity index (χ4n) is 1.88. The SMILES string of the molecule is OC(c1cncnc1)C1CCCNC1. The van der Waals surface area contributed by atoms with Gasteiger partial charge < -0.3 is 10.4 Å². The number of aromatic nitrogens is 2. The monoisotopic (exact) mass is 193 g/mol. The maximum atomic E-state index is 10.0. The van der Waals surface area contributed by atoms with Crippen molar-refractivity contribution in [3.63, 3.8) is 0 Å². The summed E-state index contributed by atoms with van der Waals surface area (Å²) in [5.74, 6) is 0.301. The molecule has 0 saturated carbocycles. The fourth-order valence-corrected chi connectivity index (χ4v) is 1.88. The standard InChI is InChI=1S/C10H15N3O/c14-10(8-2-1-3-11-4-8)9-5-12-7-13-6-9/h5-8,10-11,14H,1-4H2. The molecule has 4 heteroatoms. The number of nitrogens with one attached hydrogen (secondary N) is 1. The summed E-state index contributed by atoms with van der Waals surface area (Å²) in [5, 5.41) is 13.3. The van der Waals surface area contributed by atoms with Crippen LogP contribution in [0.4, 0.5) is 0 Å². The Labute approximate surface area is 83.4 Å². The Hall–Kier alpha value is -1.00. The van der Waals surface area contributed by atoms with Gasteiger partial charge in [-0.1, -0.05) is 0 Å². The minimum atomic E-state index is -0.427. The van der Waals surface area contributed by atoms with Crippen LogP contribution in [0.15, 0.2) is 18.7 Å². The molecule has 1 aromatic heterocycles. The number of piperidine rings is 1. The third-order valence-electron chi connectivity index (χ3n) is 2.70. The number of aliphatic hydroxyl groups excluding tert-OH is 1. The number of hydrogen-bond acceptors (Lipinski definition) is 4. The number of hydrogen-bond donors (Lipinski definition) is 2. The minimum absolute atomic E-state index is 0.301. The van der Waals surface area contributed by atoms with E-state index in [9.17, 15) is 5.11 Å². The van der Waals surface area contributed by atoms with E-state index in [0.29, 0.717) is 5.92 Å². The predicted molar refractivity (Wildman–Crippen MR) is 52.6 cm³/mol. The summed E-state index contributed by atoms with van der Waals surface area (Å²) < 4.78 is 0. The highest BCUT2D eigenvalue weighted by Gasteiger charge is 2.22. The van der Waals surface area contributed by atoms with Crippen molar-refractivity contribution >= 4 is 0 Å². The highest BCUT2D eigenvalue weighted by atomic mass is 16.3. The summed E-state index contributed by atoms with van der Waals surface area (Å²) in [4.78, 5) is 7.82. The molecule has 1 fully saturated rings. The van der Waals surface area contributed by atoms with Gasteiger partial charge >= 0.3 is 0 Å². The van der Waals surface area contributed by atoms with Crippen LogP contribution in [-0.4, -0.2) is 28.2 Å². The van der Waals surface area contributed by atoms with E-state index in [-0.39, 0.29) is 0 Å². The van der Waals surface area contributed by atoms with E-state index in [1.807, 2.05) is 0 Å². The normalized spacial score (nSPS) is 24.5. The zero-order chi connectivity index (χ0) is 9.80. The van der Waals surface area contributed by atoms with E-state index in [1.165, 1.54) is 6.33 Å². The molecule has 2 rings (SSSR count). The first-order valence-electron chi connectivity index (χ1n) is 5.01. The molecule has 14 heavy (non-hydrogen) atoms. The van der Waals surface area contributed by atoms with Crippen LogP contribution in [0.2, 0.25) is 0 Å². The molecule has 1 saturated heterocycles. The summed E-state index contributed by atoms with van der Waals surface area (Å²) in [6, 6.07) is 0. The van der Waals surface area contributed by atoms with Crippen molar-refractivity contribution in [1.29, 1.82) is 0 Å². The fraction of sp³-hybridized carbons (Fsp3) is 0.600. The second-order valence-electron chi connectivity index (χ2n) is 3.72. The Balaban J connectivity index is 2.03. The Morgan fingerprint density at radius 2 is 2.21 bits per heavy atom. The van der Waals surface area contributed by atoms with Gasteiger partial charge in [0.05, 0.1) is 6.10 Å². The first-order chi connectivity index (χ1) is 6.88. The van der Waals surface area contributed by atoms with Gasteiger partial charge in [-0.2, -0.15) is 0 Å². The van der Waals surface area contributed by atoms with Crippen molar-refractivity contribution in [3.8, 4) is 0 Å². The minimum Gasteiger partial charge on any atom is -0.388 e. The van der Waals surface area contributed by atoms with E-state index in [2.05, 4.69) is 15.3 Å². The lowest BCUT2D eigenvalue weighted by molar-refractivity contribution is 0.0915. The molecular weight excluding hydrogens is 178 g/mol. The number of aliphatic hydroxyl groups is 1. The summed E-state index contributed by atoms with van der Waals surface area (Å²) in [5.41, 5.74) is 0.821. The molecule has 0 aliphatic carbocycles. The number of nitrogens with zero attached hydrogens (tertiary/aromatic N) is 2. The van der Waals surface area contributed by atoms with Gasteiger partial charge in [0.15, 0.2) is 0 Å². The molecule has 0 radical (unpaired) electrons. The zero-order valence-electron chi connectivity index (χ0n) is 8.06. The van der Waals surface area contributed by atoms with E-state index in [4.69, 9.17) is 0 Å². The third kappa shape index (κ3) is 2.08. The highest BCUT2D eigenvalue weighted by molar-refractivity contribution is 5.08. The van der Waals surface area contributed by atoms with Crippen LogP contribution in [0, 0.1) is 5.92 Å². The van der Waals surface area contributed by atoms with Gasteiger partial charge in [-0.25, -0.2) is 9.97 Å². The lowest BCUT2D eigenvalue weighted by atomic mass is 9.91. The molecule has 2 unspecified atom stereocenters. The third-order valence-corrected chi connectivity index (χ3v) is 2.70. The second kappa shape index (κ2) is 4.48. The first-order valence-corrected chi connectivity index (χ1v) is 5.01. The van der Waals surface area contributed by atoms with E-state index in [0.717, 1.165) is 31.5 Å². The van der Waals surface area contributed by atoms with Crippen molar-refractivity contribution < 1.29 is 5.11 Å². The Kier molecular flexibility index (Phi) is 3.06. The summed E-state index contributed by atoms with van der Waals surface area (Å²) >= 11 is 0. The van der Waals surface area contributed by atoms with E-state index >= 15 is 0 Å². The van der Waals surface area contributed by atoms with Crippen LogP contribution >= 0.6 is 0 Å². The van der Waals surface area contributed by atoms with Crippen molar-refractivity contribution in [2.24, 2.45) is 5.92 Å². The molecule has 4 nitrogen and oxygen atoms in total. The molecule has 1 aromatic rings. The largest absolute Gasteiger partial charge is 0.388 e. The average Bonchev–Trinajstić information content (AvgIpc) is 2.30. The maximum absolute atomic E-state index is 10.0. The van der Waals surface area contributed by atoms with Crippen LogP contribution in [0.25, 0.3) is 0 Å². The Morgan fingerprint density at radius 1 is 1.43 bits per heavy atom. The van der Waals surface area contributed by atoms with Crippen molar-refractivity contribution in [2.45, 2.75) is 18.9 Å². The van der Waals surface area contributed by atoms with Gasteiger partial charge in [0.25, 0.3) is 0 Å². The maximum Gasteiger partial charge on any atom is 0.115 e. The summed E-state index contributed by atoms with van der Waals surface area (Å²) in [7, 11) is 0. The van der Waals surface area contributed by atoms with Gasteiger partial charge in [0, 0.05) is 30.4 Å². The molecule has 0 bridgehead atoms. The lowest BCUT2D eigenvalue weighted by Crippen LogP contribution is -2.33. The van der Waals surface area contributed by atoms with Crippen LogP contribution < -0.4 is 5.32 Å². The van der Waals surface area contributed by atoms with Crippen LogP contribution in [0.5, 0.6) is 0 Å². The van der Waals surface area contributed by atoms with Gasteiger partial charge in [0.1, 0.15) is 6.33 Å². The molecule has 76 valence electrons. The summed E-state index contributed by atoms with van der Waals surface area (Å²) in [6.45, 7) is 1.95. The van der Waals surface area contributed by atoms with E-state index in [1.54, 1.807) is 12.4 Å². The Morgan fingerprint density at radius 3 is 2.86 bits per heavy atom. The summed E-state index contributed by atoms with van der Waals surface area (Å²) in [6.07, 6.45) is 6.64. The second-order valence-corrected chi connectivity index (χ2v) is 3.72. The van der Waals surface area contributed by atoms with Crippen molar-refractivity contribution in [1.82, 2.24) is 15.3 Å². The molecule has 2 N–H and O–H groups in total. The Bertz CT molecular complexity index is 272. The highest BCUT2D eigenvalue weighted by Crippen LogP contribution is 2.25. The molecule has 2 atom stereocenters. The zero-order valence-corrected chi connectivity index (χ0v) is 8.06. The molecule has 0 spiro atoms. The molecule has 0 aromatic carbocycles.